The van der Waals surface area contributed by atoms with Gasteiger partial charge in [-0.25, -0.2) is 15.0 Å². The number of benzene rings is 1. The Labute approximate surface area is 231 Å². The molecule has 2 amide bonds. The normalized spacial score (nSPS) is 19.9. The van der Waals surface area contributed by atoms with Crippen molar-refractivity contribution < 1.29 is 14.3 Å². The van der Waals surface area contributed by atoms with Crippen LogP contribution in [-0.4, -0.2) is 56.4 Å². The Morgan fingerprint density at radius 3 is 2.60 bits per heavy atom. The number of nitrogens with zero attached hydrogens (tertiary/aromatic N) is 5. The van der Waals surface area contributed by atoms with E-state index in [2.05, 4.69) is 37.6 Å². The summed E-state index contributed by atoms with van der Waals surface area (Å²) in [6, 6.07) is 9.38. The Hall–Kier alpha value is -4.73. The number of aryl methyl sites for hydroxylation is 1. The number of nitrogens with one attached hydrogen (secondary N) is 1. The van der Waals surface area contributed by atoms with Crippen molar-refractivity contribution >= 4 is 34.5 Å². The van der Waals surface area contributed by atoms with Crippen molar-refractivity contribution in [3.05, 3.63) is 72.8 Å². The second kappa shape index (κ2) is 10.1. The number of rotatable bonds is 6. The lowest BCUT2D eigenvalue weighted by Gasteiger charge is -2.19. The predicted molar refractivity (Wildman–Crippen MR) is 153 cm³/mol. The van der Waals surface area contributed by atoms with E-state index in [4.69, 9.17) is 10.5 Å². The van der Waals surface area contributed by atoms with Crippen molar-refractivity contribution in [3.8, 4) is 16.9 Å². The van der Waals surface area contributed by atoms with E-state index in [1.54, 1.807) is 19.4 Å². The van der Waals surface area contributed by atoms with Gasteiger partial charge in [0.05, 0.1) is 18.1 Å². The summed E-state index contributed by atoms with van der Waals surface area (Å²) in [4.78, 5) is 40.2. The van der Waals surface area contributed by atoms with Gasteiger partial charge in [0.1, 0.15) is 29.4 Å². The molecule has 1 saturated carbocycles. The summed E-state index contributed by atoms with van der Waals surface area (Å²) in [7, 11) is 1.54. The van der Waals surface area contributed by atoms with Crippen molar-refractivity contribution in [2.24, 2.45) is 11.8 Å². The lowest BCUT2D eigenvalue weighted by molar-refractivity contribution is -0.125. The lowest BCUT2D eigenvalue weighted by Crippen LogP contribution is -2.28. The molecule has 1 aromatic carbocycles. The van der Waals surface area contributed by atoms with Crippen LogP contribution < -0.4 is 15.8 Å². The molecule has 1 aliphatic heterocycles. The molecule has 2 fully saturated rings. The zero-order valence-corrected chi connectivity index (χ0v) is 22.5. The number of amides is 2. The lowest BCUT2D eigenvalue weighted by atomic mass is 10.0. The first-order chi connectivity index (χ1) is 19.4. The molecular weight excluding hydrogens is 506 g/mol. The minimum absolute atomic E-state index is 0.00128. The number of aromatic nitrogens is 4. The maximum Gasteiger partial charge on any atom is 0.260 e. The maximum absolute atomic E-state index is 13.1. The standard InChI is InChI=1S/C30H31N7O3/c1-4-26(38)36-13-19-10-21(11-20(19)14-36)37-15-23(27-28(31)33-16-34-29(27)37)18-5-6-22(24(12-18)40-3)30(39)35-25-9-17(2)7-8-32-25/h4-9,12,15-16,19-21H,1,10-11,13-14H2,2-3H3,(H2,31,33,34)(H,32,35,39). The van der Waals surface area contributed by atoms with Crippen LogP contribution in [0.5, 0.6) is 5.75 Å². The number of hydrogen-bond acceptors (Lipinski definition) is 7. The average Bonchev–Trinajstić information content (AvgIpc) is 3.64. The first-order valence-corrected chi connectivity index (χ1v) is 13.3. The summed E-state index contributed by atoms with van der Waals surface area (Å²) in [6.07, 6.45) is 8.53. The zero-order valence-electron chi connectivity index (χ0n) is 22.5. The highest BCUT2D eigenvalue weighted by atomic mass is 16.5. The Morgan fingerprint density at radius 1 is 1.12 bits per heavy atom. The van der Waals surface area contributed by atoms with E-state index in [0.717, 1.165) is 53.7 Å². The molecule has 6 rings (SSSR count). The number of nitrogen functional groups attached to an aromatic ring is 1. The number of carbonyl (C=O) groups excluding carboxylic acids is 2. The zero-order chi connectivity index (χ0) is 28.0. The van der Waals surface area contributed by atoms with E-state index in [-0.39, 0.29) is 17.9 Å². The minimum Gasteiger partial charge on any atom is -0.496 e. The Morgan fingerprint density at radius 2 is 1.90 bits per heavy atom. The number of pyridine rings is 1. The molecule has 4 heterocycles. The molecule has 4 aromatic rings. The van der Waals surface area contributed by atoms with E-state index in [1.807, 2.05) is 36.1 Å². The number of fused-ring (bicyclic) bond motifs is 2. The van der Waals surface area contributed by atoms with Crippen molar-refractivity contribution in [2.75, 3.05) is 31.2 Å². The number of methoxy groups -OCH3 is 1. The van der Waals surface area contributed by atoms with E-state index < -0.39 is 0 Å². The summed E-state index contributed by atoms with van der Waals surface area (Å²) >= 11 is 0. The van der Waals surface area contributed by atoms with Gasteiger partial charge in [-0.05, 0) is 73.1 Å². The van der Waals surface area contributed by atoms with Gasteiger partial charge in [0, 0.05) is 37.1 Å². The fourth-order valence-corrected chi connectivity index (χ4v) is 6.24. The van der Waals surface area contributed by atoms with Crippen LogP contribution in [0.1, 0.15) is 34.8 Å². The molecule has 1 aliphatic carbocycles. The summed E-state index contributed by atoms with van der Waals surface area (Å²) in [5.41, 5.74) is 10.3. The topological polar surface area (TPSA) is 128 Å². The van der Waals surface area contributed by atoms with E-state index in [0.29, 0.717) is 34.8 Å². The molecule has 0 spiro atoms. The van der Waals surface area contributed by atoms with Crippen molar-refractivity contribution in [1.29, 1.82) is 0 Å². The van der Waals surface area contributed by atoms with Crippen LogP contribution in [0.15, 0.2) is 61.7 Å². The minimum atomic E-state index is -0.312. The highest BCUT2D eigenvalue weighted by molar-refractivity contribution is 6.07. The van der Waals surface area contributed by atoms with Crippen LogP contribution >= 0.6 is 0 Å². The van der Waals surface area contributed by atoms with E-state index in [9.17, 15) is 9.59 Å². The van der Waals surface area contributed by atoms with Crippen LogP contribution in [-0.2, 0) is 4.79 Å². The van der Waals surface area contributed by atoms with Gasteiger partial charge in [-0.3, -0.25) is 9.59 Å². The predicted octanol–water partition coefficient (Wildman–Crippen LogP) is 4.24. The van der Waals surface area contributed by atoms with E-state index >= 15 is 0 Å². The molecule has 10 nitrogen and oxygen atoms in total. The third kappa shape index (κ3) is 4.45. The first-order valence-electron chi connectivity index (χ1n) is 13.3. The van der Waals surface area contributed by atoms with Crippen LogP contribution in [0.2, 0.25) is 0 Å². The highest BCUT2D eigenvalue weighted by Crippen LogP contribution is 2.46. The summed E-state index contributed by atoms with van der Waals surface area (Å²) in [5.74, 6) is 1.87. The van der Waals surface area contributed by atoms with Crippen LogP contribution in [0.4, 0.5) is 11.6 Å². The smallest absolute Gasteiger partial charge is 0.260 e. The molecule has 0 bridgehead atoms. The van der Waals surface area contributed by atoms with Gasteiger partial charge in [0.15, 0.2) is 0 Å². The van der Waals surface area contributed by atoms with Crippen LogP contribution in [0.25, 0.3) is 22.2 Å². The largest absolute Gasteiger partial charge is 0.496 e. The van der Waals surface area contributed by atoms with Gasteiger partial charge in [-0.1, -0.05) is 12.6 Å². The fraction of sp³-hybridized carbons (Fsp3) is 0.300. The average molecular weight is 538 g/mol. The molecule has 40 heavy (non-hydrogen) atoms. The second-order valence-corrected chi connectivity index (χ2v) is 10.6. The molecule has 10 heteroatoms. The van der Waals surface area contributed by atoms with Gasteiger partial charge in [-0.15, -0.1) is 0 Å². The summed E-state index contributed by atoms with van der Waals surface area (Å²) in [6.45, 7) is 7.08. The van der Waals surface area contributed by atoms with E-state index in [1.165, 1.54) is 12.4 Å². The number of anilines is 2. The van der Waals surface area contributed by atoms with Crippen LogP contribution in [0, 0.1) is 18.8 Å². The van der Waals surface area contributed by atoms with Gasteiger partial charge in [0.25, 0.3) is 5.91 Å². The number of likely N-dealkylation sites (tertiary alicyclic amines) is 1. The van der Waals surface area contributed by atoms with Crippen LogP contribution in [0.3, 0.4) is 0 Å². The SMILES string of the molecule is C=CC(=O)N1CC2CC(n3cc(-c4ccc(C(=O)Nc5cc(C)ccn5)c(OC)c4)c4c(N)ncnc43)CC2C1. The number of hydrogen-bond donors (Lipinski definition) is 2. The summed E-state index contributed by atoms with van der Waals surface area (Å²) < 4.78 is 7.84. The molecule has 2 unspecified atom stereocenters. The molecule has 3 N–H and O–H groups in total. The first kappa shape index (κ1) is 25.5. The third-order valence-electron chi connectivity index (χ3n) is 8.16. The molecule has 0 radical (unpaired) electrons. The van der Waals surface area contributed by atoms with Gasteiger partial charge in [0.2, 0.25) is 5.91 Å². The molecule has 3 aromatic heterocycles. The molecule has 204 valence electrons. The highest BCUT2D eigenvalue weighted by Gasteiger charge is 2.43. The second-order valence-electron chi connectivity index (χ2n) is 10.6. The molecule has 2 aliphatic rings. The Kier molecular flexibility index (Phi) is 6.45. The van der Waals surface area contributed by atoms with Crippen molar-refractivity contribution in [2.45, 2.75) is 25.8 Å². The number of nitrogens with two attached hydrogens (primary N) is 1. The Balaban J connectivity index is 1.32. The van der Waals surface area contributed by atoms with Crippen molar-refractivity contribution in [1.82, 2.24) is 24.4 Å². The number of carbonyl (C=O) groups is 2. The molecular formula is C30H31N7O3. The third-order valence-corrected chi connectivity index (χ3v) is 8.16. The number of ether oxygens (including phenoxy) is 1. The molecule has 2 atom stereocenters. The fourth-order valence-electron chi connectivity index (χ4n) is 6.24. The van der Waals surface area contributed by atoms with Gasteiger partial charge in [-0.2, -0.15) is 0 Å². The quantitative estimate of drug-likeness (QED) is 0.352. The maximum atomic E-state index is 13.1. The van der Waals surface area contributed by atoms with Gasteiger partial charge >= 0.3 is 0 Å². The molecule has 1 saturated heterocycles. The summed E-state index contributed by atoms with van der Waals surface area (Å²) in [5, 5.41) is 3.61. The van der Waals surface area contributed by atoms with Gasteiger partial charge < -0.3 is 25.3 Å². The van der Waals surface area contributed by atoms with Crippen molar-refractivity contribution in [3.63, 3.8) is 0 Å². The Bertz CT molecular complexity index is 1630. The monoisotopic (exact) mass is 537 g/mol.